The van der Waals surface area contributed by atoms with Gasteiger partial charge in [0.1, 0.15) is 30.3 Å². The van der Waals surface area contributed by atoms with Gasteiger partial charge in [0.25, 0.3) is 0 Å². The van der Waals surface area contributed by atoms with E-state index in [4.69, 9.17) is 23.8 Å². The number of hydrogen-bond acceptors (Lipinski definition) is 7. The summed E-state index contributed by atoms with van der Waals surface area (Å²) in [5.74, 6) is 1.12. The van der Waals surface area contributed by atoms with Crippen molar-refractivity contribution in [2.45, 2.75) is 26.9 Å². The molecule has 7 heteroatoms. The van der Waals surface area contributed by atoms with E-state index in [1.165, 1.54) is 20.5 Å². The van der Waals surface area contributed by atoms with E-state index >= 15 is 0 Å². The van der Waals surface area contributed by atoms with Crippen LogP contribution in [0.1, 0.15) is 34.2 Å². The van der Waals surface area contributed by atoms with Crippen LogP contribution in [0.2, 0.25) is 0 Å². The summed E-state index contributed by atoms with van der Waals surface area (Å²) in [6.45, 7) is 5.27. The molecule has 3 aromatic carbocycles. The minimum Gasteiger partial charge on any atom is -0.503 e. The zero-order chi connectivity index (χ0) is 26.5. The van der Waals surface area contributed by atoms with Crippen LogP contribution in [0.25, 0.3) is 5.57 Å². The Kier molecular flexibility index (Phi) is 10.6. The van der Waals surface area contributed by atoms with Gasteiger partial charge >= 0.3 is 5.97 Å². The molecule has 3 aromatic rings. The maximum absolute atomic E-state index is 12.2. The lowest BCUT2D eigenvalue weighted by Crippen LogP contribution is -2.08. The van der Waals surface area contributed by atoms with Crippen molar-refractivity contribution in [1.29, 1.82) is 0 Å². The molecule has 0 amide bonds. The van der Waals surface area contributed by atoms with E-state index in [0.29, 0.717) is 24.4 Å². The van der Waals surface area contributed by atoms with E-state index in [1.807, 2.05) is 80.6 Å². The first-order valence-electron chi connectivity index (χ1n) is 12.0. The van der Waals surface area contributed by atoms with Gasteiger partial charge in [0.05, 0.1) is 33.3 Å². The number of esters is 1. The zero-order valence-electron chi connectivity index (χ0n) is 21.7. The molecule has 0 unspecified atom stereocenters. The number of hydrogen-bond donors (Lipinski definition) is 0. The molecule has 3 rings (SSSR count). The van der Waals surface area contributed by atoms with E-state index in [0.717, 1.165) is 40.2 Å². The topological polar surface area (TPSA) is 75.6 Å². The first kappa shape index (κ1) is 27.3. The van der Waals surface area contributed by atoms with Gasteiger partial charge in [-0.1, -0.05) is 47.6 Å². The van der Waals surface area contributed by atoms with Gasteiger partial charge in [-0.15, -0.1) is 0 Å². The highest BCUT2D eigenvalue weighted by Gasteiger charge is 2.17. The minimum atomic E-state index is -0.476. The summed E-state index contributed by atoms with van der Waals surface area (Å²) in [6.07, 6.45) is 3.82. The third-order valence-corrected chi connectivity index (χ3v) is 5.55. The van der Waals surface area contributed by atoms with Crippen LogP contribution in [-0.2, 0) is 25.7 Å². The third kappa shape index (κ3) is 8.14. The Balaban J connectivity index is 1.57. The quantitative estimate of drug-likeness (QED) is 0.0726. The summed E-state index contributed by atoms with van der Waals surface area (Å²) in [7, 11) is 2.83. The lowest BCUT2D eigenvalue weighted by molar-refractivity contribution is -0.133. The Morgan fingerprint density at radius 2 is 1.65 bits per heavy atom. The van der Waals surface area contributed by atoms with E-state index in [-0.39, 0.29) is 6.61 Å². The smallest absolute Gasteiger partial charge is 0.341 e. The van der Waals surface area contributed by atoms with Crippen LogP contribution < -0.4 is 9.47 Å². The van der Waals surface area contributed by atoms with Crippen LogP contribution in [0.4, 0.5) is 0 Å². The minimum absolute atomic E-state index is 0.274. The van der Waals surface area contributed by atoms with E-state index in [2.05, 4.69) is 5.16 Å². The highest BCUT2D eigenvalue weighted by atomic mass is 16.6. The average Bonchev–Trinajstić information content (AvgIpc) is 2.92. The van der Waals surface area contributed by atoms with E-state index < -0.39 is 5.97 Å². The van der Waals surface area contributed by atoms with Crippen LogP contribution in [0.3, 0.4) is 0 Å². The van der Waals surface area contributed by atoms with Crippen molar-refractivity contribution in [1.82, 2.24) is 0 Å². The van der Waals surface area contributed by atoms with Gasteiger partial charge in [-0.25, -0.2) is 4.79 Å². The number of benzene rings is 3. The van der Waals surface area contributed by atoms with Crippen LogP contribution in [0, 0.1) is 13.8 Å². The molecule has 0 aliphatic heterocycles. The van der Waals surface area contributed by atoms with Crippen LogP contribution in [0.15, 0.2) is 78.1 Å². The molecule has 0 aliphatic carbocycles. The molecule has 194 valence electrons. The second kappa shape index (κ2) is 14.3. The monoisotopic (exact) mass is 503 g/mol. The van der Waals surface area contributed by atoms with Crippen LogP contribution in [-0.4, -0.2) is 39.6 Å². The first-order chi connectivity index (χ1) is 18.0. The fraction of sp³-hybridized carbons (Fsp3) is 0.267. The van der Waals surface area contributed by atoms with Crippen molar-refractivity contribution >= 4 is 17.8 Å². The van der Waals surface area contributed by atoms with Gasteiger partial charge in [0, 0.05) is 6.42 Å². The van der Waals surface area contributed by atoms with Gasteiger partial charge in [-0.05, 0) is 65.9 Å². The standard InChI is InChI=1S/C30H33NO6/c1-22-18-29(36-20-24-11-8-9-14-27(24)28(21-33-3)30(32)34-4)23(2)17-25(22)19-31-37-16-10-15-35-26-12-6-5-7-13-26/h5-9,11-14,17-19,21H,10,15-16,20H2,1-4H3/b28-21-,31-19+. The Hall–Kier alpha value is -4.26. The highest BCUT2D eigenvalue weighted by Crippen LogP contribution is 2.26. The molecule has 0 aromatic heterocycles. The molecule has 7 nitrogen and oxygen atoms in total. The lowest BCUT2D eigenvalue weighted by Gasteiger charge is -2.15. The summed E-state index contributed by atoms with van der Waals surface area (Å²) in [5.41, 5.74) is 4.77. The molecular weight excluding hydrogens is 470 g/mol. The number of para-hydroxylation sites is 1. The molecule has 0 spiro atoms. The first-order valence-corrected chi connectivity index (χ1v) is 12.0. The molecule has 37 heavy (non-hydrogen) atoms. The molecule has 0 saturated heterocycles. The zero-order valence-corrected chi connectivity index (χ0v) is 21.7. The fourth-order valence-electron chi connectivity index (χ4n) is 3.60. The third-order valence-electron chi connectivity index (χ3n) is 5.55. The molecule has 0 radical (unpaired) electrons. The number of rotatable bonds is 13. The normalized spacial score (nSPS) is 11.3. The van der Waals surface area contributed by atoms with E-state index in [1.54, 1.807) is 6.21 Å². The second-order valence-electron chi connectivity index (χ2n) is 8.26. The summed E-state index contributed by atoms with van der Waals surface area (Å²) in [4.78, 5) is 17.6. The molecule has 0 N–H and O–H groups in total. The molecular formula is C30H33NO6. The molecule has 0 saturated carbocycles. The Morgan fingerprint density at radius 3 is 2.41 bits per heavy atom. The van der Waals surface area contributed by atoms with Crippen molar-refractivity contribution in [2.24, 2.45) is 5.16 Å². The maximum atomic E-state index is 12.2. The summed E-state index contributed by atoms with van der Waals surface area (Å²) in [6, 6.07) is 21.2. The van der Waals surface area contributed by atoms with E-state index in [9.17, 15) is 4.79 Å². The SMILES string of the molecule is CO/C=C(\C(=O)OC)c1ccccc1COc1cc(C)c(/C=N/OCCCOc2ccccc2)cc1C. The van der Waals surface area contributed by atoms with Crippen molar-refractivity contribution < 1.29 is 28.6 Å². The summed E-state index contributed by atoms with van der Waals surface area (Å²) < 4.78 is 21.8. The van der Waals surface area contributed by atoms with Crippen molar-refractivity contribution in [3.63, 3.8) is 0 Å². The molecule has 0 heterocycles. The van der Waals surface area contributed by atoms with Crippen molar-refractivity contribution in [2.75, 3.05) is 27.4 Å². The number of carbonyl (C=O) groups excluding carboxylic acids is 1. The van der Waals surface area contributed by atoms with Gasteiger partial charge in [-0.2, -0.15) is 0 Å². The fourth-order valence-corrected chi connectivity index (χ4v) is 3.60. The van der Waals surface area contributed by atoms with Gasteiger partial charge < -0.3 is 23.8 Å². The Bertz CT molecular complexity index is 1220. The Morgan fingerprint density at radius 1 is 0.892 bits per heavy atom. The number of aryl methyl sites for hydroxylation is 2. The molecule has 0 bridgehead atoms. The van der Waals surface area contributed by atoms with Crippen LogP contribution >= 0.6 is 0 Å². The number of nitrogens with zero attached hydrogens (tertiary/aromatic N) is 1. The van der Waals surface area contributed by atoms with Gasteiger partial charge in [0.15, 0.2) is 0 Å². The molecule has 0 fully saturated rings. The largest absolute Gasteiger partial charge is 0.503 e. The number of methoxy groups -OCH3 is 2. The second-order valence-corrected chi connectivity index (χ2v) is 8.26. The Labute approximate surface area is 218 Å². The summed E-state index contributed by atoms with van der Waals surface area (Å²) in [5, 5.41) is 4.10. The lowest BCUT2D eigenvalue weighted by atomic mass is 10.0. The predicted octanol–water partition coefficient (Wildman–Crippen LogP) is 5.86. The van der Waals surface area contributed by atoms with Crippen LogP contribution in [0.5, 0.6) is 11.5 Å². The molecule has 0 atom stereocenters. The average molecular weight is 504 g/mol. The maximum Gasteiger partial charge on any atom is 0.341 e. The molecule has 0 aliphatic rings. The van der Waals surface area contributed by atoms with Crippen molar-refractivity contribution in [3.05, 3.63) is 101 Å². The predicted molar refractivity (Wildman–Crippen MR) is 144 cm³/mol. The number of carbonyl (C=O) groups is 1. The summed E-state index contributed by atoms with van der Waals surface area (Å²) >= 11 is 0. The van der Waals surface area contributed by atoms with Gasteiger partial charge in [0.2, 0.25) is 0 Å². The van der Waals surface area contributed by atoms with Gasteiger partial charge in [-0.3, -0.25) is 0 Å². The number of oxime groups is 1. The number of ether oxygens (including phenoxy) is 4. The van der Waals surface area contributed by atoms with Crippen molar-refractivity contribution in [3.8, 4) is 11.5 Å². The highest BCUT2D eigenvalue weighted by molar-refractivity contribution is 6.16.